The van der Waals surface area contributed by atoms with Crippen LogP contribution in [0.25, 0.3) is 0 Å². The molecule has 3 heteroatoms. The molecule has 0 saturated carbocycles. The Balaban J connectivity index is 2.27. The predicted octanol–water partition coefficient (Wildman–Crippen LogP) is 0.441. The summed E-state index contributed by atoms with van der Waals surface area (Å²) >= 11 is 0. The van der Waals surface area contributed by atoms with Crippen molar-refractivity contribution in [3.8, 4) is 0 Å². The van der Waals surface area contributed by atoms with E-state index in [9.17, 15) is 0 Å². The number of aliphatic hydroxyl groups excluding tert-OH is 1. The summed E-state index contributed by atoms with van der Waals surface area (Å²) in [6.07, 6.45) is 3.52. The van der Waals surface area contributed by atoms with Crippen LogP contribution in [0.5, 0.6) is 0 Å². The molecule has 0 bridgehead atoms. The summed E-state index contributed by atoms with van der Waals surface area (Å²) in [5.74, 6) is 0. The molecule has 1 aliphatic rings. The van der Waals surface area contributed by atoms with Crippen molar-refractivity contribution in [3.63, 3.8) is 0 Å². The van der Waals surface area contributed by atoms with Gasteiger partial charge >= 0.3 is 0 Å². The Bertz CT molecular complexity index is 141. The lowest BCUT2D eigenvalue weighted by molar-refractivity contribution is 0.208. The molecule has 1 aliphatic heterocycles. The molecular weight excluding hydrogens is 164 g/mol. The van der Waals surface area contributed by atoms with E-state index in [4.69, 9.17) is 5.11 Å². The second-order valence-electron chi connectivity index (χ2n) is 3.98. The van der Waals surface area contributed by atoms with Crippen molar-refractivity contribution >= 4 is 0 Å². The van der Waals surface area contributed by atoms with Gasteiger partial charge in [0.25, 0.3) is 0 Å². The Labute approximate surface area is 81.1 Å². The number of nitrogens with zero attached hydrogens (tertiary/aromatic N) is 1. The fourth-order valence-electron chi connectivity index (χ4n) is 2.03. The molecule has 0 aromatic carbocycles. The predicted molar refractivity (Wildman–Crippen MR) is 54.8 cm³/mol. The lowest BCUT2D eigenvalue weighted by Gasteiger charge is -2.26. The van der Waals surface area contributed by atoms with Crippen LogP contribution in [0, 0.1) is 0 Å². The van der Waals surface area contributed by atoms with Crippen LogP contribution in [0.2, 0.25) is 0 Å². The van der Waals surface area contributed by atoms with E-state index < -0.39 is 0 Å². The molecule has 13 heavy (non-hydrogen) atoms. The van der Waals surface area contributed by atoms with E-state index in [1.54, 1.807) is 0 Å². The Morgan fingerprint density at radius 2 is 2.38 bits per heavy atom. The van der Waals surface area contributed by atoms with Gasteiger partial charge in [-0.25, -0.2) is 0 Å². The van der Waals surface area contributed by atoms with E-state index in [0.717, 1.165) is 19.0 Å². The zero-order chi connectivity index (χ0) is 9.68. The van der Waals surface area contributed by atoms with Gasteiger partial charge in [-0.1, -0.05) is 0 Å². The van der Waals surface area contributed by atoms with E-state index in [2.05, 4.69) is 17.1 Å². The lowest BCUT2D eigenvalue weighted by atomic mass is 10.2. The fraction of sp³-hybridized carbons (Fsp3) is 1.00. The van der Waals surface area contributed by atoms with Gasteiger partial charge in [-0.05, 0) is 39.8 Å². The van der Waals surface area contributed by atoms with Crippen molar-refractivity contribution < 1.29 is 5.11 Å². The van der Waals surface area contributed by atoms with Gasteiger partial charge in [-0.2, -0.15) is 0 Å². The molecular formula is C10H22N2O. The third-order valence-corrected chi connectivity index (χ3v) is 3.03. The quantitative estimate of drug-likeness (QED) is 0.654. The van der Waals surface area contributed by atoms with Crippen LogP contribution in [0.1, 0.15) is 26.2 Å². The first-order valence-corrected chi connectivity index (χ1v) is 5.30. The van der Waals surface area contributed by atoms with E-state index in [1.165, 1.54) is 19.4 Å². The van der Waals surface area contributed by atoms with Crippen molar-refractivity contribution in [2.24, 2.45) is 0 Å². The summed E-state index contributed by atoms with van der Waals surface area (Å²) in [7, 11) is 1.97. The normalized spacial score (nSPS) is 26.5. The molecule has 0 amide bonds. The molecule has 2 atom stereocenters. The minimum Gasteiger partial charge on any atom is -0.396 e. The zero-order valence-electron chi connectivity index (χ0n) is 8.79. The maximum atomic E-state index is 8.85. The summed E-state index contributed by atoms with van der Waals surface area (Å²) in [6, 6.07) is 1.18. The molecule has 0 spiro atoms. The van der Waals surface area contributed by atoms with Gasteiger partial charge in [0, 0.05) is 25.2 Å². The smallest absolute Gasteiger partial charge is 0.0446 e. The van der Waals surface area contributed by atoms with E-state index in [0.29, 0.717) is 6.04 Å². The van der Waals surface area contributed by atoms with Gasteiger partial charge in [-0.15, -0.1) is 0 Å². The summed E-state index contributed by atoms with van der Waals surface area (Å²) in [4.78, 5) is 2.51. The Hall–Kier alpha value is -0.120. The molecule has 0 aromatic rings. The maximum absolute atomic E-state index is 8.85. The highest BCUT2D eigenvalue weighted by Gasteiger charge is 2.22. The van der Waals surface area contributed by atoms with Crippen LogP contribution in [-0.4, -0.2) is 48.8 Å². The molecule has 1 saturated heterocycles. The van der Waals surface area contributed by atoms with Gasteiger partial charge in [0.15, 0.2) is 0 Å². The number of hydrogen-bond acceptors (Lipinski definition) is 3. The highest BCUT2D eigenvalue weighted by molar-refractivity contribution is 4.79. The summed E-state index contributed by atoms with van der Waals surface area (Å²) < 4.78 is 0. The van der Waals surface area contributed by atoms with E-state index in [-0.39, 0.29) is 6.61 Å². The monoisotopic (exact) mass is 186 g/mol. The third-order valence-electron chi connectivity index (χ3n) is 3.03. The molecule has 2 N–H and O–H groups in total. The van der Waals surface area contributed by atoms with E-state index in [1.807, 2.05) is 7.05 Å². The van der Waals surface area contributed by atoms with Crippen LogP contribution < -0.4 is 5.32 Å². The number of nitrogens with one attached hydrogen (secondary N) is 1. The van der Waals surface area contributed by atoms with Gasteiger partial charge in [-0.3, -0.25) is 4.90 Å². The number of aliphatic hydroxyl groups is 1. The minimum atomic E-state index is 0.285. The number of rotatable bonds is 5. The number of hydrogen-bond donors (Lipinski definition) is 2. The van der Waals surface area contributed by atoms with Gasteiger partial charge in [0.1, 0.15) is 0 Å². The van der Waals surface area contributed by atoms with Crippen LogP contribution in [-0.2, 0) is 0 Å². The maximum Gasteiger partial charge on any atom is 0.0446 e. The largest absolute Gasteiger partial charge is 0.396 e. The molecule has 0 aromatic heterocycles. The fourth-order valence-corrected chi connectivity index (χ4v) is 2.03. The molecule has 1 heterocycles. The van der Waals surface area contributed by atoms with Gasteiger partial charge < -0.3 is 10.4 Å². The molecule has 1 fully saturated rings. The molecule has 3 nitrogen and oxygen atoms in total. The first-order valence-electron chi connectivity index (χ1n) is 5.30. The average molecular weight is 186 g/mol. The standard InChI is InChI=1S/C10H22N2O/c1-9-4-3-6-12(9)8-10(11-2)5-7-13/h9-11,13H,3-8H2,1-2H3. The van der Waals surface area contributed by atoms with Crippen molar-refractivity contribution in [2.75, 3.05) is 26.7 Å². The molecule has 0 aliphatic carbocycles. The van der Waals surface area contributed by atoms with Crippen molar-refractivity contribution in [1.82, 2.24) is 10.2 Å². The first-order chi connectivity index (χ1) is 6.27. The first kappa shape index (κ1) is 11.0. The zero-order valence-corrected chi connectivity index (χ0v) is 8.79. The minimum absolute atomic E-state index is 0.285. The highest BCUT2D eigenvalue weighted by atomic mass is 16.3. The second kappa shape index (κ2) is 5.58. The van der Waals surface area contributed by atoms with Crippen LogP contribution in [0.4, 0.5) is 0 Å². The van der Waals surface area contributed by atoms with Crippen LogP contribution >= 0.6 is 0 Å². The summed E-state index contributed by atoms with van der Waals surface area (Å²) in [5.41, 5.74) is 0. The van der Waals surface area contributed by atoms with Crippen molar-refractivity contribution in [3.05, 3.63) is 0 Å². The van der Waals surface area contributed by atoms with Crippen LogP contribution in [0.3, 0.4) is 0 Å². The summed E-state index contributed by atoms with van der Waals surface area (Å²) in [5, 5.41) is 12.1. The van der Waals surface area contributed by atoms with Crippen molar-refractivity contribution in [2.45, 2.75) is 38.3 Å². The Morgan fingerprint density at radius 1 is 1.62 bits per heavy atom. The third kappa shape index (κ3) is 3.25. The lowest BCUT2D eigenvalue weighted by Crippen LogP contribution is -2.41. The van der Waals surface area contributed by atoms with E-state index >= 15 is 0 Å². The van der Waals surface area contributed by atoms with Gasteiger partial charge in [0.05, 0.1) is 0 Å². The molecule has 2 unspecified atom stereocenters. The average Bonchev–Trinajstić information content (AvgIpc) is 2.51. The Kier molecular flexibility index (Phi) is 4.70. The van der Waals surface area contributed by atoms with Gasteiger partial charge in [0.2, 0.25) is 0 Å². The second-order valence-corrected chi connectivity index (χ2v) is 3.98. The SMILES string of the molecule is CNC(CCO)CN1CCCC1C. The topological polar surface area (TPSA) is 35.5 Å². The molecule has 1 rings (SSSR count). The van der Waals surface area contributed by atoms with Crippen LogP contribution in [0.15, 0.2) is 0 Å². The molecule has 78 valence electrons. The summed E-state index contributed by atoms with van der Waals surface area (Å²) in [6.45, 7) is 4.88. The van der Waals surface area contributed by atoms with Crippen molar-refractivity contribution in [1.29, 1.82) is 0 Å². The highest BCUT2D eigenvalue weighted by Crippen LogP contribution is 2.16. The number of likely N-dealkylation sites (N-methyl/N-ethyl adjacent to an activating group) is 1. The Morgan fingerprint density at radius 3 is 2.85 bits per heavy atom. The molecule has 0 radical (unpaired) electrons. The number of likely N-dealkylation sites (tertiary alicyclic amines) is 1.